The summed E-state index contributed by atoms with van der Waals surface area (Å²) in [6.07, 6.45) is 5.30. The fourth-order valence-corrected chi connectivity index (χ4v) is 4.55. The number of aryl methyl sites for hydroxylation is 1. The van der Waals surface area contributed by atoms with Crippen molar-refractivity contribution >= 4 is 34.3 Å². The van der Waals surface area contributed by atoms with Gasteiger partial charge in [-0.15, -0.1) is 0 Å². The van der Waals surface area contributed by atoms with Gasteiger partial charge in [-0.3, -0.25) is 9.79 Å². The van der Waals surface area contributed by atoms with Crippen LogP contribution in [0.2, 0.25) is 0 Å². The molecule has 1 aliphatic rings. The Kier molecular flexibility index (Phi) is 5.60. The van der Waals surface area contributed by atoms with E-state index >= 15 is 0 Å². The van der Waals surface area contributed by atoms with E-state index in [0.717, 1.165) is 28.1 Å². The average molecular weight is 510 g/mol. The lowest BCUT2D eigenvalue weighted by Crippen LogP contribution is -2.08. The van der Waals surface area contributed by atoms with Crippen LogP contribution in [-0.4, -0.2) is 33.3 Å². The lowest BCUT2D eigenvalue weighted by molar-refractivity contribution is 0.103. The van der Waals surface area contributed by atoms with Crippen LogP contribution in [0.5, 0.6) is 11.5 Å². The van der Waals surface area contributed by atoms with Gasteiger partial charge in [0.05, 0.1) is 29.7 Å². The summed E-state index contributed by atoms with van der Waals surface area (Å²) in [7, 11) is 0. The third kappa shape index (κ3) is 3.94. The summed E-state index contributed by atoms with van der Waals surface area (Å²) in [5.74, 6) is -2.08. The van der Waals surface area contributed by atoms with Crippen LogP contribution in [0.15, 0.2) is 77.9 Å². The molecule has 0 spiro atoms. The Hall–Kier alpha value is -5.05. The largest absolute Gasteiger partial charge is 0.454 e. The molecule has 6 rings (SSSR count). The second-order valence-electron chi connectivity index (χ2n) is 8.89. The third-order valence-corrected chi connectivity index (χ3v) is 6.46. The van der Waals surface area contributed by atoms with Crippen LogP contribution >= 0.6 is 0 Å². The highest BCUT2D eigenvalue weighted by Gasteiger charge is 2.21. The average Bonchev–Trinajstić information content (AvgIpc) is 3.67. The number of anilines is 1. The minimum absolute atomic E-state index is 0.174. The van der Waals surface area contributed by atoms with E-state index in [2.05, 4.69) is 15.1 Å². The molecule has 0 unspecified atom stereocenters. The number of nitrogens with two attached hydrogens (primary N) is 1. The Morgan fingerprint density at radius 2 is 1.95 bits per heavy atom. The smallest absolute Gasteiger partial charge is 0.214 e. The van der Waals surface area contributed by atoms with Crippen LogP contribution in [-0.2, 0) is 0 Å². The molecule has 188 valence electrons. The van der Waals surface area contributed by atoms with E-state index in [9.17, 15) is 13.6 Å². The Balaban J connectivity index is 1.30. The normalized spacial score (nSPS) is 12.8. The zero-order chi connectivity index (χ0) is 26.4. The number of aliphatic imine (C=N–C) groups is 1. The topological polar surface area (TPSA) is 98.3 Å². The number of aromatic amines is 1. The van der Waals surface area contributed by atoms with Crippen molar-refractivity contribution in [1.82, 2.24) is 14.8 Å². The summed E-state index contributed by atoms with van der Waals surface area (Å²) in [5.41, 5.74) is 11.2. The number of halogens is 2. The van der Waals surface area contributed by atoms with E-state index < -0.39 is 11.6 Å². The Morgan fingerprint density at radius 1 is 1.11 bits per heavy atom. The number of rotatable bonds is 6. The standard InChI is InChI=1S/C29H21F2N5O2/c1-16-12-18(38-26-7-3-5-22(30)27(26)31)8-9-25(16)36-29(32)21(15-34-36)28(37)24-13-20-19(17-10-11-33-14-17)4-2-6-23(20)35-24/h2-10,12-15,35H,11,32H2,1H3. The van der Waals surface area contributed by atoms with E-state index in [1.807, 2.05) is 36.6 Å². The minimum atomic E-state index is -1.06. The highest BCUT2D eigenvalue weighted by atomic mass is 19.2. The van der Waals surface area contributed by atoms with Gasteiger partial charge in [-0.25, -0.2) is 9.07 Å². The van der Waals surface area contributed by atoms with Gasteiger partial charge in [0.25, 0.3) is 0 Å². The quantitative estimate of drug-likeness (QED) is 0.274. The molecule has 0 amide bonds. The molecule has 7 nitrogen and oxygen atoms in total. The summed E-state index contributed by atoms with van der Waals surface area (Å²) < 4.78 is 34.5. The summed E-state index contributed by atoms with van der Waals surface area (Å²) in [5, 5.41) is 5.27. The molecule has 0 saturated carbocycles. The van der Waals surface area contributed by atoms with Crippen LogP contribution in [0, 0.1) is 18.6 Å². The molecular weight excluding hydrogens is 488 g/mol. The molecule has 0 aliphatic carbocycles. The van der Waals surface area contributed by atoms with Crippen LogP contribution < -0.4 is 10.5 Å². The molecule has 1 aliphatic heterocycles. The summed E-state index contributed by atoms with van der Waals surface area (Å²) >= 11 is 0. The Labute approximate surface area is 215 Å². The monoisotopic (exact) mass is 509 g/mol. The van der Waals surface area contributed by atoms with Gasteiger partial charge in [0.1, 0.15) is 11.6 Å². The van der Waals surface area contributed by atoms with Gasteiger partial charge >= 0.3 is 0 Å². The number of carbonyl (C=O) groups excluding carboxylic acids is 1. The van der Waals surface area contributed by atoms with Crippen LogP contribution in [0.3, 0.4) is 0 Å². The fourth-order valence-electron chi connectivity index (χ4n) is 4.55. The molecule has 3 aromatic carbocycles. The zero-order valence-corrected chi connectivity index (χ0v) is 20.2. The number of fused-ring (bicyclic) bond motifs is 1. The molecule has 0 fully saturated rings. The van der Waals surface area contributed by atoms with Crippen molar-refractivity contribution in [3.8, 4) is 17.2 Å². The number of hydrogen-bond acceptors (Lipinski definition) is 5. The minimum Gasteiger partial charge on any atom is -0.454 e. The maximum Gasteiger partial charge on any atom is 0.214 e. The molecule has 9 heteroatoms. The summed E-state index contributed by atoms with van der Waals surface area (Å²) in [6, 6.07) is 16.3. The van der Waals surface area contributed by atoms with Crippen LogP contribution in [0.25, 0.3) is 22.2 Å². The number of nitrogen functional groups attached to an aromatic ring is 1. The zero-order valence-electron chi connectivity index (χ0n) is 20.2. The molecule has 3 heterocycles. The Morgan fingerprint density at radius 3 is 2.74 bits per heavy atom. The van der Waals surface area contributed by atoms with Gasteiger partial charge in [0, 0.05) is 17.1 Å². The Bertz CT molecular complexity index is 1800. The summed E-state index contributed by atoms with van der Waals surface area (Å²) in [4.78, 5) is 20.9. The van der Waals surface area contributed by atoms with Gasteiger partial charge in [0.15, 0.2) is 11.6 Å². The van der Waals surface area contributed by atoms with E-state index in [1.54, 1.807) is 25.1 Å². The van der Waals surface area contributed by atoms with E-state index in [1.165, 1.54) is 23.0 Å². The van der Waals surface area contributed by atoms with Crippen molar-refractivity contribution in [3.63, 3.8) is 0 Å². The molecule has 0 atom stereocenters. The number of hydrogen-bond donors (Lipinski definition) is 2. The highest BCUT2D eigenvalue weighted by molar-refractivity contribution is 6.18. The molecule has 0 saturated heterocycles. The number of allylic oxidation sites excluding steroid dienone is 1. The molecule has 0 bridgehead atoms. The third-order valence-electron chi connectivity index (χ3n) is 6.46. The lowest BCUT2D eigenvalue weighted by atomic mass is 10.0. The maximum absolute atomic E-state index is 14.0. The molecule has 2 aromatic heterocycles. The molecule has 0 radical (unpaired) electrons. The first kappa shape index (κ1) is 23.4. The van der Waals surface area contributed by atoms with Crippen molar-refractivity contribution < 1.29 is 18.3 Å². The molecule has 3 N–H and O–H groups in total. The number of benzene rings is 3. The number of nitrogens with zero attached hydrogens (tertiary/aromatic N) is 3. The predicted octanol–water partition coefficient (Wildman–Crippen LogP) is 6.01. The predicted molar refractivity (Wildman–Crippen MR) is 142 cm³/mol. The van der Waals surface area contributed by atoms with Crippen molar-refractivity contribution in [2.45, 2.75) is 6.92 Å². The van der Waals surface area contributed by atoms with Gasteiger partial charge in [-0.1, -0.05) is 24.3 Å². The van der Waals surface area contributed by atoms with E-state index in [0.29, 0.717) is 29.2 Å². The van der Waals surface area contributed by atoms with Crippen LogP contribution in [0.4, 0.5) is 14.6 Å². The van der Waals surface area contributed by atoms with Crippen molar-refractivity contribution in [2.24, 2.45) is 4.99 Å². The van der Waals surface area contributed by atoms with E-state index in [4.69, 9.17) is 10.5 Å². The lowest BCUT2D eigenvalue weighted by Gasteiger charge is -2.12. The van der Waals surface area contributed by atoms with Gasteiger partial charge < -0.3 is 15.5 Å². The first-order chi connectivity index (χ1) is 18.4. The van der Waals surface area contributed by atoms with Gasteiger partial charge in [0.2, 0.25) is 11.6 Å². The number of H-pyrrole nitrogens is 1. The fraction of sp³-hybridized carbons (Fsp3) is 0.0690. The van der Waals surface area contributed by atoms with Crippen molar-refractivity contribution in [1.29, 1.82) is 0 Å². The second-order valence-corrected chi connectivity index (χ2v) is 8.89. The number of carbonyl (C=O) groups is 1. The number of aromatic nitrogens is 3. The van der Waals surface area contributed by atoms with Gasteiger partial charge in [-0.05, 0) is 66.1 Å². The van der Waals surface area contributed by atoms with Crippen molar-refractivity contribution in [2.75, 3.05) is 12.3 Å². The molecular formula is C29H21F2N5O2. The van der Waals surface area contributed by atoms with Gasteiger partial charge in [-0.2, -0.15) is 9.49 Å². The van der Waals surface area contributed by atoms with Crippen LogP contribution in [0.1, 0.15) is 27.2 Å². The first-order valence-corrected chi connectivity index (χ1v) is 11.8. The second kappa shape index (κ2) is 9.11. The number of ether oxygens (including phenoxy) is 1. The number of ketones is 1. The number of nitrogens with one attached hydrogen (secondary N) is 1. The molecule has 38 heavy (non-hydrogen) atoms. The SMILES string of the molecule is Cc1cc(Oc2cccc(F)c2F)ccc1-n1ncc(C(=O)c2cc3c(C4=CCN=C4)cccc3[nH]2)c1N. The van der Waals surface area contributed by atoms with Crippen molar-refractivity contribution in [3.05, 3.63) is 107 Å². The summed E-state index contributed by atoms with van der Waals surface area (Å²) in [6.45, 7) is 2.44. The highest BCUT2D eigenvalue weighted by Crippen LogP contribution is 2.31. The first-order valence-electron chi connectivity index (χ1n) is 11.8. The van der Waals surface area contributed by atoms with E-state index in [-0.39, 0.29) is 22.9 Å². The maximum atomic E-state index is 14.0. The molecule has 5 aromatic rings.